The van der Waals surface area contributed by atoms with Crippen LogP contribution in [0.2, 0.25) is 0 Å². The number of amides is 1. The first-order valence-corrected chi connectivity index (χ1v) is 26.2. The van der Waals surface area contributed by atoms with Crippen molar-refractivity contribution in [1.82, 2.24) is 19.6 Å². The zero-order valence-corrected chi connectivity index (χ0v) is 40.9. The molecule has 2 saturated heterocycles. The number of ether oxygens (including phenoxy) is 3. The van der Waals surface area contributed by atoms with Gasteiger partial charge in [0, 0.05) is 68.4 Å². The molecule has 18 heteroatoms. The fourth-order valence-corrected chi connectivity index (χ4v) is 12.8. The highest BCUT2D eigenvalue weighted by molar-refractivity contribution is 7.90. The number of aromatic nitrogens is 2. The minimum absolute atomic E-state index is 0.00201. The summed E-state index contributed by atoms with van der Waals surface area (Å²) in [7, 11) is -4.75. The van der Waals surface area contributed by atoms with Gasteiger partial charge >= 0.3 is 0 Å². The van der Waals surface area contributed by atoms with Crippen molar-refractivity contribution in [2.45, 2.75) is 120 Å². The van der Waals surface area contributed by atoms with Crippen LogP contribution in [0.15, 0.2) is 71.8 Å². The standard InChI is InChI=1S/C52H62FN7O9S/c1-5-67-50-46(26-39-40(53)27-54-48(39)56-50)69-44-23-33(58-21-19-52(20-22-58)29-59(30-52)42-12-8-11-37(42)36-10-7-6-9-35(36)31(2)3)13-14-38(44)49(61)57-70(65,66)34-24-43(60(63)64)47-45(25-34)68-28-41(55-47)32-15-17-51(4,62)18-16-32/h6-7,9-10,13-14,23-27,31-32,37,41-42,55,62H,5,8,11-12,15-22,28-30H2,1-4H3,(H,54,56)(H,57,61)/t32?,37-,41-,42-,51?/m1/s1. The second-order valence-corrected chi connectivity index (χ2v) is 22.4. The molecule has 3 aliphatic heterocycles. The predicted octanol–water partition coefficient (Wildman–Crippen LogP) is 9.40. The Morgan fingerprint density at radius 2 is 1.80 bits per heavy atom. The van der Waals surface area contributed by atoms with Crippen LogP contribution in [-0.4, -0.2) is 96.3 Å². The molecule has 372 valence electrons. The third-order valence-electron chi connectivity index (χ3n) is 15.7. The Morgan fingerprint density at radius 3 is 2.53 bits per heavy atom. The van der Waals surface area contributed by atoms with Crippen molar-refractivity contribution in [3.8, 4) is 23.1 Å². The quantitative estimate of drug-likeness (QED) is 0.0643. The third kappa shape index (κ3) is 9.25. The highest BCUT2D eigenvalue weighted by Gasteiger charge is 2.49. The number of hydrogen-bond acceptors (Lipinski definition) is 13. The molecule has 5 aromatic rings. The van der Waals surface area contributed by atoms with Gasteiger partial charge in [-0.3, -0.25) is 19.8 Å². The molecule has 2 aromatic heterocycles. The monoisotopic (exact) mass is 979 g/mol. The van der Waals surface area contributed by atoms with E-state index in [1.54, 1.807) is 26.0 Å². The van der Waals surface area contributed by atoms with E-state index in [-0.39, 0.29) is 76.0 Å². The summed E-state index contributed by atoms with van der Waals surface area (Å²) in [5, 5.41) is 26.3. The number of carbonyl (C=O) groups is 1. The number of nitro benzene ring substituents is 1. The van der Waals surface area contributed by atoms with Gasteiger partial charge in [0.1, 0.15) is 23.8 Å². The topological polar surface area (TPSA) is 201 Å². The Hall–Kier alpha value is -5.98. The van der Waals surface area contributed by atoms with Gasteiger partial charge in [0.25, 0.3) is 27.5 Å². The van der Waals surface area contributed by atoms with Gasteiger partial charge in [0.2, 0.25) is 0 Å². The zero-order chi connectivity index (χ0) is 49.1. The molecule has 5 heterocycles. The van der Waals surface area contributed by atoms with E-state index >= 15 is 0 Å². The van der Waals surface area contributed by atoms with Gasteiger partial charge < -0.3 is 34.5 Å². The maximum absolute atomic E-state index is 14.9. The number of hydrogen-bond donors (Lipinski definition) is 4. The number of benzene rings is 3. The minimum atomic E-state index is -4.75. The van der Waals surface area contributed by atoms with Crippen molar-refractivity contribution in [2.24, 2.45) is 11.3 Å². The van der Waals surface area contributed by atoms with Crippen LogP contribution in [-0.2, 0) is 10.0 Å². The number of carbonyl (C=O) groups excluding carboxylic acids is 1. The Kier molecular flexibility index (Phi) is 12.7. The van der Waals surface area contributed by atoms with Gasteiger partial charge in [-0.05, 0) is 112 Å². The highest BCUT2D eigenvalue weighted by Crippen LogP contribution is 2.50. The van der Waals surface area contributed by atoms with Crippen LogP contribution in [0.3, 0.4) is 0 Å². The summed E-state index contributed by atoms with van der Waals surface area (Å²) in [5.74, 6) is -0.593. The van der Waals surface area contributed by atoms with Gasteiger partial charge in [-0.15, -0.1) is 0 Å². The van der Waals surface area contributed by atoms with Crippen molar-refractivity contribution >= 4 is 44.0 Å². The van der Waals surface area contributed by atoms with E-state index in [9.17, 15) is 32.8 Å². The van der Waals surface area contributed by atoms with Gasteiger partial charge in [0.05, 0.1) is 39.0 Å². The summed E-state index contributed by atoms with van der Waals surface area (Å²) in [6.07, 6.45) is 9.30. The number of aliphatic hydroxyl groups is 1. The zero-order valence-electron chi connectivity index (χ0n) is 40.1. The summed E-state index contributed by atoms with van der Waals surface area (Å²) in [6, 6.07) is 17.6. The van der Waals surface area contributed by atoms with Crippen molar-refractivity contribution in [3.05, 3.63) is 99.5 Å². The number of piperidine rings is 1. The van der Waals surface area contributed by atoms with Gasteiger partial charge in [0.15, 0.2) is 17.2 Å². The van der Waals surface area contributed by atoms with E-state index in [4.69, 9.17) is 14.2 Å². The lowest BCUT2D eigenvalue weighted by Gasteiger charge is -2.57. The molecule has 2 saturated carbocycles. The lowest BCUT2D eigenvalue weighted by atomic mass is 9.70. The molecule has 70 heavy (non-hydrogen) atoms. The molecule has 16 nitrogen and oxygen atoms in total. The number of sulfonamides is 1. The molecule has 2 aliphatic carbocycles. The number of likely N-dealkylation sites (tertiary alicyclic amines) is 1. The molecule has 0 radical (unpaired) electrons. The first-order valence-electron chi connectivity index (χ1n) is 24.7. The van der Waals surface area contributed by atoms with Gasteiger partial charge in [-0.2, -0.15) is 4.98 Å². The highest BCUT2D eigenvalue weighted by atomic mass is 32.2. The Morgan fingerprint density at radius 1 is 1.04 bits per heavy atom. The van der Waals surface area contributed by atoms with Crippen molar-refractivity contribution in [3.63, 3.8) is 0 Å². The molecule has 3 aromatic carbocycles. The average Bonchev–Trinajstić information content (AvgIpc) is 3.96. The number of halogens is 1. The lowest BCUT2D eigenvalue weighted by Crippen LogP contribution is -2.63. The second kappa shape index (κ2) is 18.6. The maximum Gasteiger partial charge on any atom is 0.297 e. The third-order valence-corrected chi connectivity index (χ3v) is 17.0. The maximum atomic E-state index is 14.9. The van der Waals surface area contributed by atoms with Crippen molar-refractivity contribution in [2.75, 3.05) is 49.6 Å². The van der Waals surface area contributed by atoms with E-state index in [1.807, 2.05) is 0 Å². The van der Waals surface area contributed by atoms with Crippen LogP contribution in [0.5, 0.6) is 23.1 Å². The molecular weight excluding hydrogens is 918 g/mol. The number of H-pyrrole nitrogens is 1. The SMILES string of the molecule is CCOc1nc2[nH]cc(F)c2cc1Oc1cc(N2CCC3(CC2)CN([C@@H]2CCC[C@@H]2c2ccccc2C(C)C)C3)ccc1C(=O)NS(=O)(=O)c1cc2c(c([N+](=O)[O-])c1)N[C@@H](C1CCC(C)(O)CC1)CO2. The van der Waals surface area contributed by atoms with E-state index in [2.05, 4.69) is 67.9 Å². The number of aromatic amines is 1. The van der Waals surface area contributed by atoms with Gasteiger partial charge in [-0.1, -0.05) is 44.5 Å². The van der Waals surface area contributed by atoms with E-state index < -0.39 is 42.9 Å². The Bertz CT molecular complexity index is 2920. The number of fused-ring (bicyclic) bond motifs is 2. The number of nitrogens with zero attached hydrogens (tertiary/aromatic N) is 4. The summed E-state index contributed by atoms with van der Waals surface area (Å²) in [5.41, 5.74) is 2.71. The largest absolute Gasteiger partial charge is 0.489 e. The molecule has 4 fully saturated rings. The molecular formula is C52H62FN7O9S. The number of nitro groups is 1. The van der Waals surface area contributed by atoms with Crippen LogP contribution in [0.1, 0.15) is 119 Å². The smallest absolute Gasteiger partial charge is 0.297 e. The van der Waals surface area contributed by atoms with Crippen molar-refractivity contribution in [1.29, 1.82) is 0 Å². The van der Waals surface area contributed by atoms with Crippen LogP contribution in [0.4, 0.5) is 21.5 Å². The van der Waals surface area contributed by atoms with Crippen LogP contribution in [0, 0.1) is 27.3 Å². The molecule has 10 rings (SSSR count). The molecule has 0 unspecified atom stereocenters. The molecule has 1 spiro atoms. The Labute approximate surface area is 407 Å². The van der Waals surface area contributed by atoms with E-state index in [0.29, 0.717) is 43.6 Å². The molecule has 1 amide bonds. The summed E-state index contributed by atoms with van der Waals surface area (Å²) < 4.78 is 63.4. The second-order valence-electron chi connectivity index (χ2n) is 20.7. The summed E-state index contributed by atoms with van der Waals surface area (Å²) in [4.78, 5) is 37.6. The fourth-order valence-electron chi connectivity index (χ4n) is 11.8. The molecule has 4 N–H and O–H groups in total. The van der Waals surface area contributed by atoms with Crippen LogP contribution < -0.4 is 29.1 Å². The number of nitrogens with one attached hydrogen (secondary N) is 3. The summed E-state index contributed by atoms with van der Waals surface area (Å²) >= 11 is 0. The number of pyridine rings is 1. The van der Waals surface area contributed by atoms with Crippen LogP contribution in [0.25, 0.3) is 11.0 Å². The first kappa shape index (κ1) is 47.7. The fraction of sp³-hybridized carbons (Fsp3) is 0.500. The lowest BCUT2D eigenvalue weighted by molar-refractivity contribution is -0.384. The normalized spacial score (nSPS) is 24.4. The molecule has 0 bridgehead atoms. The summed E-state index contributed by atoms with van der Waals surface area (Å²) in [6.45, 7) is 12.0. The van der Waals surface area contributed by atoms with Gasteiger partial charge in [-0.25, -0.2) is 17.5 Å². The average molecular weight is 980 g/mol. The number of anilines is 2. The minimum Gasteiger partial charge on any atom is -0.489 e. The van der Waals surface area contributed by atoms with E-state index in [0.717, 1.165) is 63.0 Å². The van der Waals surface area contributed by atoms with E-state index in [1.165, 1.54) is 42.5 Å². The molecule has 3 atom stereocenters. The molecule has 5 aliphatic rings. The predicted molar refractivity (Wildman–Crippen MR) is 263 cm³/mol. The van der Waals surface area contributed by atoms with Crippen LogP contribution >= 0.6 is 0 Å². The van der Waals surface area contributed by atoms with Crippen molar-refractivity contribution < 1.29 is 41.8 Å². The first-order chi connectivity index (χ1) is 33.5. The Balaban J connectivity index is 0.890. The number of rotatable bonds is 13.